The van der Waals surface area contributed by atoms with Crippen LogP contribution in [0.1, 0.15) is 47.4 Å². The number of aliphatic hydroxyl groups is 2. The number of rotatable bonds is 7. The highest BCUT2D eigenvalue weighted by atomic mass is 19.1. The minimum Gasteiger partial charge on any atom is -0.394 e. The maximum absolute atomic E-state index is 14.4. The van der Waals surface area contributed by atoms with Gasteiger partial charge in [0.05, 0.1) is 23.5 Å². The van der Waals surface area contributed by atoms with Gasteiger partial charge in [-0.2, -0.15) is 0 Å². The molecule has 3 rings (SSSR count). The van der Waals surface area contributed by atoms with Gasteiger partial charge in [-0.15, -0.1) is 0 Å². The van der Waals surface area contributed by atoms with Gasteiger partial charge in [0.25, 0.3) is 11.5 Å². The van der Waals surface area contributed by atoms with Crippen LogP contribution in [0.15, 0.2) is 23.0 Å². The molecule has 1 aliphatic rings. The molecule has 9 heteroatoms. The monoisotopic (exact) mass is 435 g/mol. The van der Waals surface area contributed by atoms with Crippen molar-refractivity contribution in [3.05, 3.63) is 56.8 Å². The van der Waals surface area contributed by atoms with Crippen molar-refractivity contribution in [1.29, 1.82) is 0 Å². The lowest BCUT2D eigenvalue weighted by molar-refractivity contribution is -0.0295. The van der Waals surface area contributed by atoms with Crippen molar-refractivity contribution in [3.63, 3.8) is 0 Å². The summed E-state index contributed by atoms with van der Waals surface area (Å²) in [6.07, 6.45) is 0.0877. The molecule has 1 aromatic carbocycles. The second kappa shape index (κ2) is 11.0. The first kappa shape index (κ1) is 24.5. The molecule has 0 radical (unpaired) electrons. The average molecular weight is 435 g/mol. The fourth-order valence-corrected chi connectivity index (χ4v) is 3.36. The predicted molar refractivity (Wildman–Crippen MR) is 116 cm³/mol. The van der Waals surface area contributed by atoms with Gasteiger partial charge in [-0.25, -0.2) is 9.87 Å². The number of benzene rings is 1. The molecule has 0 saturated heterocycles. The van der Waals surface area contributed by atoms with E-state index in [0.717, 1.165) is 5.56 Å². The maximum atomic E-state index is 14.4. The Kier molecular flexibility index (Phi) is 8.73. The SMILES string of the molecule is CC.Cc1ccc(Nc2c(C(=O)NOCC(O)CO)c3n(c(=O)c2C)CCC3)c(F)c1. The number of pyridine rings is 1. The lowest BCUT2D eigenvalue weighted by atomic mass is 10.0. The zero-order valence-electron chi connectivity index (χ0n) is 18.3. The molecule has 0 fully saturated rings. The minimum absolute atomic E-state index is 0.145. The van der Waals surface area contributed by atoms with Gasteiger partial charge in [-0.3, -0.25) is 14.4 Å². The van der Waals surface area contributed by atoms with Gasteiger partial charge >= 0.3 is 0 Å². The molecular formula is C22H30FN3O5. The summed E-state index contributed by atoms with van der Waals surface area (Å²) in [6, 6.07) is 4.63. The zero-order chi connectivity index (χ0) is 23.1. The molecular weight excluding hydrogens is 405 g/mol. The highest BCUT2D eigenvalue weighted by molar-refractivity contribution is 6.01. The van der Waals surface area contributed by atoms with Gasteiger partial charge in [0.15, 0.2) is 0 Å². The Labute approximate surface area is 180 Å². The topological polar surface area (TPSA) is 113 Å². The van der Waals surface area contributed by atoms with Crippen LogP contribution in [0, 0.1) is 19.7 Å². The summed E-state index contributed by atoms with van der Waals surface area (Å²) >= 11 is 0. The van der Waals surface area contributed by atoms with E-state index in [9.17, 15) is 19.1 Å². The van der Waals surface area contributed by atoms with Crippen molar-refractivity contribution in [2.24, 2.45) is 0 Å². The number of anilines is 2. The first-order valence-electron chi connectivity index (χ1n) is 10.3. The van der Waals surface area contributed by atoms with Crippen molar-refractivity contribution in [2.75, 3.05) is 18.5 Å². The summed E-state index contributed by atoms with van der Waals surface area (Å²) < 4.78 is 15.9. The van der Waals surface area contributed by atoms with Crippen LogP contribution in [0.4, 0.5) is 15.8 Å². The smallest absolute Gasteiger partial charge is 0.278 e. The molecule has 1 unspecified atom stereocenters. The molecule has 0 saturated carbocycles. The molecule has 8 nitrogen and oxygen atoms in total. The Balaban J connectivity index is 0.00000166. The second-order valence-corrected chi connectivity index (χ2v) is 7.07. The fraction of sp³-hybridized carbons (Fsp3) is 0.455. The highest BCUT2D eigenvalue weighted by Crippen LogP contribution is 2.30. The summed E-state index contributed by atoms with van der Waals surface area (Å²) in [6.45, 7) is 7.03. The van der Waals surface area contributed by atoms with Crippen LogP contribution in [0.3, 0.4) is 0 Å². The summed E-state index contributed by atoms with van der Waals surface area (Å²) in [5.74, 6) is -1.13. The van der Waals surface area contributed by atoms with E-state index in [4.69, 9.17) is 9.94 Å². The Morgan fingerprint density at radius 3 is 2.68 bits per heavy atom. The Hall–Kier alpha value is -2.75. The number of aryl methyl sites for hydroxylation is 1. The van der Waals surface area contributed by atoms with Crippen LogP contribution in [0.5, 0.6) is 0 Å². The van der Waals surface area contributed by atoms with Crippen molar-refractivity contribution >= 4 is 17.3 Å². The van der Waals surface area contributed by atoms with E-state index in [2.05, 4.69) is 10.8 Å². The average Bonchev–Trinajstić information content (AvgIpc) is 3.24. The highest BCUT2D eigenvalue weighted by Gasteiger charge is 2.27. The first-order chi connectivity index (χ1) is 14.8. The zero-order valence-corrected chi connectivity index (χ0v) is 18.3. The standard InChI is InChI=1S/C20H24FN3O5.C2H6/c1-11-5-6-15(14(21)8-11)22-18-12(2)20(28)24-7-3-4-16(24)17(18)19(27)23-29-10-13(26)9-25;1-2/h5-6,8,13,22,25-26H,3-4,7,9-10H2,1-2H3,(H,23,27);1-2H3. The number of hydrogen-bond donors (Lipinski definition) is 4. The van der Waals surface area contributed by atoms with Crippen molar-refractivity contribution in [2.45, 2.75) is 53.2 Å². The summed E-state index contributed by atoms with van der Waals surface area (Å²) in [7, 11) is 0. The number of hydroxylamine groups is 1. The number of aromatic nitrogens is 1. The van der Waals surface area contributed by atoms with Gasteiger partial charge < -0.3 is 20.1 Å². The molecule has 4 N–H and O–H groups in total. The number of amides is 1. The Bertz CT molecular complexity index is 990. The maximum Gasteiger partial charge on any atom is 0.278 e. The largest absolute Gasteiger partial charge is 0.394 e. The van der Waals surface area contributed by atoms with Crippen LogP contribution in [-0.4, -0.2) is 40.0 Å². The normalized spacial score (nSPS) is 13.1. The van der Waals surface area contributed by atoms with Crippen LogP contribution < -0.4 is 16.4 Å². The molecule has 170 valence electrons. The van der Waals surface area contributed by atoms with E-state index in [-0.39, 0.29) is 34.7 Å². The molecule has 2 aromatic rings. The number of fused-ring (bicyclic) bond motifs is 1. The molecule has 0 aliphatic carbocycles. The molecule has 1 aromatic heterocycles. The third-order valence-corrected chi connectivity index (χ3v) is 4.86. The molecule has 0 bridgehead atoms. The lowest BCUT2D eigenvalue weighted by Crippen LogP contribution is -2.33. The van der Waals surface area contributed by atoms with Crippen LogP contribution in [-0.2, 0) is 17.8 Å². The number of halogens is 1. The number of hydrogen-bond acceptors (Lipinski definition) is 6. The van der Waals surface area contributed by atoms with Crippen LogP contribution in [0.2, 0.25) is 0 Å². The van der Waals surface area contributed by atoms with Crippen LogP contribution in [0.25, 0.3) is 0 Å². The molecule has 1 aliphatic heterocycles. The van der Waals surface area contributed by atoms with Crippen LogP contribution >= 0.6 is 0 Å². The molecule has 2 heterocycles. The van der Waals surface area contributed by atoms with Gasteiger partial charge in [-0.1, -0.05) is 19.9 Å². The summed E-state index contributed by atoms with van der Waals surface area (Å²) in [4.78, 5) is 30.6. The number of carbonyl (C=O) groups excluding carboxylic acids is 1. The number of aliphatic hydroxyl groups excluding tert-OH is 2. The van der Waals surface area contributed by atoms with Crippen molar-refractivity contribution in [1.82, 2.24) is 10.0 Å². The van der Waals surface area contributed by atoms with E-state index < -0.39 is 24.4 Å². The predicted octanol–water partition coefficient (Wildman–Crippen LogP) is 2.33. The summed E-state index contributed by atoms with van der Waals surface area (Å²) in [5.41, 5.74) is 4.12. The van der Waals surface area contributed by atoms with E-state index >= 15 is 0 Å². The molecule has 1 amide bonds. The third kappa shape index (κ3) is 5.49. The molecule has 0 spiro atoms. The number of nitrogens with zero attached hydrogens (tertiary/aromatic N) is 1. The van der Waals surface area contributed by atoms with E-state index in [1.165, 1.54) is 6.07 Å². The third-order valence-electron chi connectivity index (χ3n) is 4.86. The van der Waals surface area contributed by atoms with E-state index in [0.29, 0.717) is 25.1 Å². The fourth-order valence-electron chi connectivity index (χ4n) is 3.36. The minimum atomic E-state index is -1.14. The number of carbonyl (C=O) groups is 1. The first-order valence-corrected chi connectivity index (χ1v) is 10.3. The molecule has 31 heavy (non-hydrogen) atoms. The van der Waals surface area contributed by atoms with E-state index in [1.54, 1.807) is 30.5 Å². The van der Waals surface area contributed by atoms with E-state index in [1.807, 2.05) is 13.8 Å². The molecule has 1 atom stereocenters. The quantitative estimate of drug-likeness (QED) is 0.497. The number of nitrogens with one attached hydrogen (secondary N) is 2. The van der Waals surface area contributed by atoms with Gasteiger partial charge in [0.2, 0.25) is 0 Å². The van der Waals surface area contributed by atoms with Crippen molar-refractivity contribution in [3.8, 4) is 0 Å². The second-order valence-electron chi connectivity index (χ2n) is 7.07. The van der Waals surface area contributed by atoms with Gasteiger partial charge in [0.1, 0.15) is 18.5 Å². The van der Waals surface area contributed by atoms with Gasteiger partial charge in [0, 0.05) is 17.8 Å². The van der Waals surface area contributed by atoms with Gasteiger partial charge in [-0.05, 0) is 44.4 Å². The Morgan fingerprint density at radius 2 is 2.03 bits per heavy atom. The summed E-state index contributed by atoms with van der Waals surface area (Å²) in [5, 5.41) is 21.1. The van der Waals surface area contributed by atoms with Crippen molar-refractivity contribution < 1.29 is 24.2 Å². The Morgan fingerprint density at radius 1 is 1.32 bits per heavy atom. The lowest BCUT2D eigenvalue weighted by Gasteiger charge is -2.19.